The zero-order valence-corrected chi connectivity index (χ0v) is 6.29. The van der Waals surface area contributed by atoms with Crippen molar-refractivity contribution in [3.8, 4) is 0 Å². The molecule has 60 valence electrons. The van der Waals surface area contributed by atoms with Crippen LogP contribution in [0.15, 0.2) is 10.8 Å². The predicted molar refractivity (Wildman–Crippen MR) is 38.8 cm³/mol. The van der Waals surface area contributed by atoms with Gasteiger partial charge in [0.15, 0.2) is 6.30 Å². The Kier molecular flexibility index (Phi) is 1.56. The fourth-order valence-corrected chi connectivity index (χ4v) is 1.37. The molecular weight excluding hydrogens is 142 g/mol. The quantitative estimate of drug-likeness (QED) is 0.627. The van der Waals surface area contributed by atoms with Crippen molar-refractivity contribution in [2.75, 3.05) is 13.1 Å². The van der Waals surface area contributed by atoms with Crippen molar-refractivity contribution in [1.29, 1.82) is 0 Å². The molecule has 2 rings (SSSR count). The Labute approximate surface area is 66.6 Å². The van der Waals surface area contributed by atoms with Crippen LogP contribution in [0, 0.1) is 0 Å². The van der Waals surface area contributed by atoms with Crippen molar-refractivity contribution < 1.29 is 5.89 Å². The van der Waals surface area contributed by atoms with E-state index in [1.807, 2.05) is 0 Å². The second-order valence-electron chi connectivity index (χ2n) is 2.77. The first-order valence-corrected chi connectivity index (χ1v) is 3.86. The molecule has 0 aromatic carbocycles. The van der Waals surface area contributed by atoms with E-state index in [4.69, 9.17) is 5.89 Å². The molecule has 0 radical (unpaired) electrons. The minimum Gasteiger partial charge on any atom is -0.338 e. The van der Waals surface area contributed by atoms with E-state index in [1.165, 1.54) is 12.8 Å². The number of nitrogens with zero attached hydrogens (tertiary/aromatic N) is 3. The Morgan fingerprint density at radius 1 is 1.64 bits per heavy atom. The molecule has 4 heteroatoms. The van der Waals surface area contributed by atoms with Crippen molar-refractivity contribution >= 4 is 0 Å². The molecule has 0 amide bonds. The summed E-state index contributed by atoms with van der Waals surface area (Å²) >= 11 is 0. The highest BCUT2D eigenvalue weighted by Gasteiger charge is 2.13. The lowest BCUT2D eigenvalue weighted by molar-refractivity contribution is 0.268. The highest BCUT2D eigenvalue weighted by atomic mass is 16.5. The second-order valence-corrected chi connectivity index (χ2v) is 2.77. The van der Waals surface area contributed by atoms with Gasteiger partial charge in [-0.15, -0.1) is 0 Å². The van der Waals surface area contributed by atoms with E-state index in [9.17, 15) is 0 Å². The first-order chi connectivity index (χ1) is 5.84. The van der Waals surface area contributed by atoms with Gasteiger partial charge in [-0.3, -0.25) is 4.90 Å². The van der Waals surface area contributed by atoms with Crippen LogP contribution in [-0.4, -0.2) is 28.1 Å². The Morgan fingerprint density at radius 3 is 3.09 bits per heavy atom. The Hall–Kier alpha value is -0.900. The topological polar surface area (TPSA) is 42.2 Å². The predicted octanol–water partition coefficient (Wildman–Crippen LogP) is 0.665. The Balaban J connectivity index is 1.94. The van der Waals surface area contributed by atoms with Crippen LogP contribution in [0.5, 0.6) is 0 Å². The fourth-order valence-electron chi connectivity index (χ4n) is 1.37. The molecule has 11 heavy (non-hydrogen) atoms. The van der Waals surface area contributed by atoms with E-state index in [0.29, 0.717) is 12.4 Å². The van der Waals surface area contributed by atoms with Crippen molar-refractivity contribution in [3.05, 3.63) is 12.2 Å². The van der Waals surface area contributed by atoms with Crippen LogP contribution in [0.4, 0.5) is 0 Å². The van der Waals surface area contributed by atoms with Gasteiger partial charge in [0.05, 0.1) is 6.54 Å². The van der Waals surface area contributed by atoms with Crippen LogP contribution < -0.4 is 0 Å². The van der Waals surface area contributed by atoms with E-state index < -0.39 is 0 Å². The standard InChI is InChI=1S/C7H11N3O/c1-2-4-10(3-1)5-7-8-6-9-11-7/h6H,1-5H2/i6D. The van der Waals surface area contributed by atoms with E-state index in [-0.39, 0.29) is 6.30 Å². The lowest BCUT2D eigenvalue weighted by atomic mass is 10.4. The monoisotopic (exact) mass is 154 g/mol. The minimum absolute atomic E-state index is 0.0239. The summed E-state index contributed by atoms with van der Waals surface area (Å²) in [6.07, 6.45) is 2.48. The van der Waals surface area contributed by atoms with Gasteiger partial charge in [-0.2, -0.15) is 4.98 Å². The van der Waals surface area contributed by atoms with Crippen LogP contribution in [-0.2, 0) is 6.54 Å². The maximum absolute atomic E-state index is 7.06. The third-order valence-corrected chi connectivity index (χ3v) is 1.92. The lowest BCUT2D eigenvalue weighted by Crippen LogP contribution is -2.18. The highest BCUT2D eigenvalue weighted by Crippen LogP contribution is 2.10. The molecule has 1 fully saturated rings. The molecular formula is C7H11N3O. The molecule has 0 unspecified atom stereocenters. The van der Waals surface area contributed by atoms with Gasteiger partial charge < -0.3 is 4.52 Å². The molecule has 0 spiro atoms. The third-order valence-electron chi connectivity index (χ3n) is 1.92. The SMILES string of the molecule is [2H]c1noc(CN2CCCC2)n1. The smallest absolute Gasteiger partial charge is 0.240 e. The van der Waals surface area contributed by atoms with Gasteiger partial charge in [-0.05, 0) is 25.9 Å². The van der Waals surface area contributed by atoms with E-state index >= 15 is 0 Å². The number of likely N-dealkylation sites (tertiary alicyclic amines) is 1. The summed E-state index contributed by atoms with van der Waals surface area (Å²) < 4.78 is 11.9. The molecule has 1 saturated heterocycles. The maximum Gasteiger partial charge on any atom is 0.240 e. The summed E-state index contributed by atoms with van der Waals surface area (Å²) in [5.41, 5.74) is 0. The zero-order chi connectivity index (χ0) is 8.39. The number of hydrogen-bond acceptors (Lipinski definition) is 4. The third kappa shape index (κ3) is 1.57. The molecule has 1 aliphatic heterocycles. The van der Waals surface area contributed by atoms with Crippen molar-refractivity contribution in [1.82, 2.24) is 15.0 Å². The van der Waals surface area contributed by atoms with Gasteiger partial charge >= 0.3 is 0 Å². The molecule has 4 nitrogen and oxygen atoms in total. The first kappa shape index (κ1) is 5.71. The van der Waals surface area contributed by atoms with Crippen molar-refractivity contribution in [2.24, 2.45) is 0 Å². The van der Waals surface area contributed by atoms with Gasteiger partial charge in [0, 0.05) is 0 Å². The zero-order valence-electron chi connectivity index (χ0n) is 7.29. The largest absolute Gasteiger partial charge is 0.338 e. The lowest BCUT2D eigenvalue weighted by Gasteiger charge is -2.09. The summed E-state index contributed by atoms with van der Waals surface area (Å²) in [4.78, 5) is 6.08. The van der Waals surface area contributed by atoms with E-state index in [2.05, 4.69) is 15.0 Å². The molecule has 1 aliphatic rings. The van der Waals surface area contributed by atoms with Gasteiger partial charge in [0.2, 0.25) is 5.89 Å². The van der Waals surface area contributed by atoms with Crippen LogP contribution in [0.1, 0.15) is 20.1 Å². The van der Waals surface area contributed by atoms with Crippen LogP contribution >= 0.6 is 0 Å². The van der Waals surface area contributed by atoms with Gasteiger partial charge in [0.1, 0.15) is 1.37 Å². The minimum atomic E-state index is -0.0239. The average Bonchev–Trinajstić information content (AvgIpc) is 2.63. The van der Waals surface area contributed by atoms with E-state index in [1.54, 1.807) is 0 Å². The van der Waals surface area contributed by atoms with Crippen molar-refractivity contribution in [2.45, 2.75) is 19.4 Å². The summed E-state index contributed by atoms with van der Waals surface area (Å²) in [5, 5.41) is 3.41. The van der Waals surface area contributed by atoms with Crippen molar-refractivity contribution in [3.63, 3.8) is 0 Å². The molecule has 0 saturated carbocycles. The number of hydrogen-bond donors (Lipinski definition) is 0. The van der Waals surface area contributed by atoms with E-state index in [0.717, 1.165) is 13.1 Å². The summed E-state index contributed by atoms with van der Waals surface area (Å²) in [6.45, 7) is 2.91. The number of rotatable bonds is 2. The molecule has 1 aromatic rings. The van der Waals surface area contributed by atoms with Gasteiger partial charge in [-0.1, -0.05) is 5.16 Å². The molecule has 0 atom stereocenters. The Morgan fingerprint density at radius 2 is 2.45 bits per heavy atom. The Bertz CT molecular complexity index is 257. The summed E-state index contributed by atoms with van der Waals surface area (Å²) in [7, 11) is 0. The van der Waals surface area contributed by atoms with Crippen LogP contribution in [0.2, 0.25) is 0 Å². The molecule has 0 N–H and O–H groups in total. The molecule has 2 heterocycles. The van der Waals surface area contributed by atoms with Gasteiger partial charge in [-0.25, -0.2) is 0 Å². The van der Waals surface area contributed by atoms with Crippen LogP contribution in [0.3, 0.4) is 0 Å². The summed E-state index contributed by atoms with van der Waals surface area (Å²) in [5.74, 6) is 0.557. The van der Waals surface area contributed by atoms with Gasteiger partial charge in [0.25, 0.3) is 0 Å². The number of aromatic nitrogens is 2. The average molecular weight is 154 g/mol. The molecule has 0 bridgehead atoms. The van der Waals surface area contributed by atoms with Crippen LogP contribution in [0.25, 0.3) is 0 Å². The summed E-state index contributed by atoms with van der Waals surface area (Å²) in [6, 6.07) is 0. The first-order valence-electron chi connectivity index (χ1n) is 4.36. The molecule has 0 aliphatic carbocycles. The normalized spacial score (nSPS) is 20.5. The fraction of sp³-hybridized carbons (Fsp3) is 0.714. The highest BCUT2D eigenvalue weighted by molar-refractivity contribution is 4.77. The second kappa shape index (κ2) is 3.00. The molecule has 1 aromatic heterocycles. The maximum atomic E-state index is 7.06.